The number of amides is 1. The molecule has 12 heteroatoms. The quantitative estimate of drug-likeness (QED) is 0.0844. The van der Waals surface area contributed by atoms with Crippen LogP contribution >= 0.6 is 46.0 Å². The molecular weight excluding hydrogens is 651 g/mol. The number of anilines is 1. The zero-order valence-electron chi connectivity index (χ0n) is 21.4. The van der Waals surface area contributed by atoms with Crippen LogP contribution < -0.4 is 15.5 Å². The lowest BCUT2D eigenvalue weighted by molar-refractivity contribution is -0.120. The molecular formula is C27H26ClIN6O3S. The first kappa shape index (κ1) is 28.7. The number of hydrogen-bond acceptors (Lipinski definition) is 8. The van der Waals surface area contributed by atoms with E-state index in [9.17, 15) is 9.90 Å². The number of halogens is 2. The highest BCUT2D eigenvalue weighted by Crippen LogP contribution is 2.34. The Morgan fingerprint density at radius 2 is 2.00 bits per heavy atom. The van der Waals surface area contributed by atoms with Gasteiger partial charge in [0, 0.05) is 14.9 Å². The van der Waals surface area contributed by atoms with Crippen molar-refractivity contribution in [3.63, 3.8) is 0 Å². The summed E-state index contributed by atoms with van der Waals surface area (Å²) in [5, 5.41) is 26.3. The van der Waals surface area contributed by atoms with Crippen LogP contribution in [0.4, 0.5) is 5.69 Å². The number of para-hydroxylation sites is 1. The van der Waals surface area contributed by atoms with Crippen molar-refractivity contribution in [3.05, 3.63) is 86.2 Å². The largest absolute Gasteiger partial charge is 0.503 e. The second-order valence-electron chi connectivity index (χ2n) is 8.43. The fourth-order valence-electron chi connectivity index (χ4n) is 3.62. The smallest absolute Gasteiger partial charge is 0.253 e. The first-order valence-electron chi connectivity index (χ1n) is 11.8. The highest BCUT2D eigenvalue weighted by molar-refractivity contribution is 14.1. The van der Waals surface area contributed by atoms with Crippen LogP contribution in [-0.2, 0) is 11.3 Å². The number of benzene rings is 3. The number of phenols is 1. The Bertz CT molecular complexity index is 1500. The number of hydrogen-bond donors (Lipinski definition) is 3. The lowest BCUT2D eigenvalue weighted by Gasteiger charge is -2.14. The topological polar surface area (TPSA) is 114 Å². The Morgan fingerprint density at radius 3 is 2.72 bits per heavy atom. The molecule has 9 nitrogen and oxygen atoms in total. The van der Waals surface area contributed by atoms with Crippen molar-refractivity contribution in [2.24, 2.45) is 5.10 Å². The van der Waals surface area contributed by atoms with Gasteiger partial charge in [-0.15, -0.1) is 10.2 Å². The summed E-state index contributed by atoms with van der Waals surface area (Å²) in [7, 11) is 1.42. The highest BCUT2D eigenvalue weighted by Gasteiger charge is 2.21. The zero-order valence-corrected chi connectivity index (χ0v) is 25.1. The summed E-state index contributed by atoms with van der Waals surface area (Å²) in [5.41, 5.74) is 6.15. The molecule has 3 aromatic carbocycles. The third kappa shape index (κ3) is 7.22. The zero-order chi connectivity index (χ0) is 27.9. The molecule has 0 saturated carbocycles. The molecule has 0 spiro atoms. The van der Waals surface area contributed by atoms with E-state index in [0.29, 0.717) is 23.1 Å². The van der Waals surface area contributed by atoms with Gasteiger partial charge in [0.25, 0.3) is 5.91 Å². The maximum absolute atomic E-state index is 12.8. The van der Waals surface area contributed by atoms with Crippen molar-refractivity contribution in [2.45, 2.75) is 30.8 Å². The van der Waals surface area contributed by atoms with E-state index in [1.807, 2.05) is 41.0 Å². The van der Waals surface area contributed by atoms with Gasteiger partial charge >= 0.3 is 0 Å². The van der Waals surface area contributed by atoms with Crippen molar-refractivity contribution in [1.29, 1.82) is 0 Å². The Hall–Kier alpha value is -3.29. The molecule has 0 bridgehead atoms. The number of ether oxygens (including phenoxy) is 1. The summed E-state index contributed by atoms with van der Waals surface area (Å²) >= 11 is 9.59. The molecule has 0 aliphatic rings. The van der Waals surface area contributed by atoms with E-state index in [2.05, 4.69) is 67.7 Å². The molecule has 3 N–H and O–H groups in total. The molecule has 4 aromatic rings. The highest BCUT2D eigenvalue weighted by atomic mass is 127. The van der Waals surface area contributed by atoms with Gasteiger partial charge < -0.3 is 15.2 Å². The standard InChI is InChI=1S/C27H26ClIN6O3S/c1-16-11-19(29)9-10-22(16)30-15-24-32-34-27(35(24)20-7-5-4-6-8-20)39-17(2)26(37)33-31-14-18-12-21(28)25(36)23(13-18)38-3/h4-14,17,30,36H,15H2,1-3H3,(H,33,37)/b31-14+. The van der Waals surface area contributed by atoms with Crippen molar-refractivity contribution in [3.8, 4) is 17.2 Å². The van der Waals surface area contributed by atoms with E-state index in [-0.39, 0.29) is 22.4 Å². The summed E-state index contributed by atoms with van der Waals surface area (Å²) in [4.78, 5) is 12.8. The number of nitrogens with zero attached hydrogens (tertiary/aromatic N) is 4. The number of nitrogens with one attached hydrogen (secondary N) is 2. The van der Waals surface area contributed by atoms with Crippen molar-refractivity contribution in [1.82, 2.24) is 20.2 Å². The lowest BCUT2D eigenvalue weighted by atomic mass is 10.2. The molecule has 1 amide bonds. The molecule has 0 radical (unpaired) electrons. The fourth-order valence-corrected chi connectivity index (χ4v) is 5.37. The van der Waals surface area contributed by atoms with Crippen LogP contribution in [0, 0.1) is 10.5 Å². The maximum atomic E-state index is 12.8. The number of phenolic OH excluding ortho intramolecular Hbond substituents is 1. The predicted molar refractivity (Wildman–Crippen MR) is 163 cm³/mol. The molecule has 1 atom stereocenters. The van der Waals surface area contributed by atoms with Gasteiger partial charge in [-0.25, -0.2) is 5.43 Å². The Labute approximate surface area is 249 Å². The minimum Gasteiger partial charge on any atom is -0.503 e. The molecule has 202 valence electrons. The van der Waals surface area contributed by atoms with Gasteiger partial charge in [0.15, 0.2) is 22.5 Å². The summed E-state index contributed by atoms with van der Waals surface area (Å²) in [6.07, 6.45) is 1.42. The van der Waals surface area contributed by atoms with Crippen LogP contribution in [0.1, 0.15) is 23.9 Å². The van der Waals surface area contributed by atoms with Crippen LogP contribution in [0.3, 0.4) is 0 Å². The molecule has 0 fully saturated rings. The van der Waals surface area contributed by atoms with Gasteiger partial charge in [-0.3, -0.25) is 9.36 Å². The van der Waals surface area contributed by atoms with Crippen LogP contribution in [-0.4, -0.2) is 44.4 Å². The van der Waals surface area contributed by atoms with Crippen LogP contribution in [0.15, 0.2) is 70.9 Å². The summed E-state index contributed by atoms with van der Waals surface area (Å²) < 4.78 is 8.21. The molecule has 1 heterocycles. The normalized spacial score (nSPS) is 11.9. The van der Waals surface area contributed by atoms with Gasteiger partial charge in [-0.1, -0.05) is 41.6 Å². The average Bonchev–Trinajstić information content (AvgIpc) is 3.32. The number of thioether (sulfide) groups is 1. The van der Waals surface area contributed by atoms with Crippen molar-refractivity contribution < 1.29 is 14.6 Å². The number of methoxy groups -OCH3 is 1. The third-order valence-electron chi connectivity index (χ3n) is 5.65. The van der Waals surface area contributed by atoms with Crippen LogP contribution in [0.5, 0.6) is 11.5 Å². The van der Waals surface area contributed by atoms with E-state index in [1.54, 1.807) is 13.0 Å². The first-order valence-corrected chi connectivity index (χ1v) is 14.2. The van der Waals surface area contributed by atoms with Gasteiger partial charge in [0.1, 0.15) is 0 Å². The fraction of sp³-hybridized carbons (Fsp3) is 0.185. The summed E-state index contributed by atoms with van der Waals surface area (Å²) in [5.74, 6) is 0.452. The lowest BCUT2D eigenvalue weighted by Crippen LogP contribution is -2.27. The molecule has 0 aliphatic carbocycles. The van der Waals surface area contributed by atoms with E-state index in [0.717, 1.165) is 16.9 Å². The van der Waals surface area contributed by atoms with Crippen LogP contribution in [0.2, 0.25) is 5.02 Å². The van der Waals surface area contributed by atoms with Crippen molar-refractivity contribution >= 4 is 63.8 Å². The Morgan fingerprint density at radius 1 is 1.23 bits per heavy atom. The molecule has 1 unspecified atom stereocenters. The number of aromatic hydroxyl groups is 1. The van der Waals surface area contributed by atoms with E-state index in [1.165, 1.54) is 34.7 Å². The Balaban J connectivity index is 1.48. The number of hydrazone groups is 1. The maximum Gasteiger partial charge on any atom is 0.253 e. The number of carbonyl (C=O) groups is 1. The number of aryl methyl sites for hydroxylation is 1. The van der Waals surface area contributed by atoms with Gasteiger partial charge in [-0.05, 0) is 90.0 Å². The second-order valence-corrected chi connectivity index (χ2v) is 11.4. The van der Waals surface area contributed by atoms with Crippen LogP contribution in [0.25, 0.3) is 5.69 Å². The molecule has 4 rings (SSSR count). The molecule has 39 heavy (non-hydrogen) atoms. The van der Waals surface area contributed by atoms with E-state index in [4.69, 9.17) is 16.3 Å². The predicted octanol–water partition coefficient (Wildman–Crippen LogP) is 5.79. The number of rotatable bonds is 10. The number of aromatic nitrogens is 3. The minimum absolute atomic E-state index is 0.119. The summed E-state index contributed by atoms with van der Waals surface area (Å²) in [6, 6.07) is 19.1. The second kappa shape index (κ2) is 13.2. The third-order valence-corrected chi connectivity index (χ3v) is 7.65. The van der Waals surface area contributed by atoms with E-state index < -0.39 is 5.25 Å². The monoisotopic (exact) mass is 676 g/mol. The Kier molecular flexibility index (Phi) is 9.70. The average molecular weight is 677 g/mol. The summed E-state index contributed by atoms with van der Waals surface area (Å²) in [6.45, 7) is 4.28. The van der Waals surface area contributed by atoms with E-state index >= 15 is 0 Å². The number of carbonyl (C=O) groups excluding carboxylic acids is 1. The minimum atomic E-state index is -0.522. The SMILES string of the molecule is COc1cc(/C=N/NC(=O)C(C)Sc2nnc(CNc3ccc(I)cc3C)n2-c2ccccc2)cc(Cl)c1O. The molecule has 1 aromatic heterocycles. The van der Waals surface area contributed by atoms with Gasteiger partial charge in [-0.2, -0.15) is 5.10 Å². The van der Waals surface area contributed by atoms with Crippen molar-refractivity contribution in [2.75, 3.05) is 12.4 Å². The van der Waals surface area contributed by atoms with Gasteiger partial charge in [0.05, 0.1) is 30.1 Å². The van der Waals surface area contributed by atoms with Gasteiger partial charge in [0.2, 0.25) is 0 Å². The first-order chi connectivity index (χ1) is 18.8. The molecule has 0 saturated heterocycles. The molecule has 0 aliphatic heterocycles.